The second-order valence-electron chi connectivity index (χ2n) is 5.40. The van der Waals surface area contributed by atoms with Crippen LogP contribution in [0.1, 0.15) is 36.7 Å². The van der Waals surface area contributed by atoms with Crippen LogP contribution in [0.25, 0.3) is 0 Å². The number of Topliss-reactive ketones (excluding diaryl/α,β-unsaturated/α-hetero) is 1. The van der Waals surface area contributed by atoms with E-state index in [1.165, 1.54) is 0 Å². The van der Waals surface area contributed by atoms with E-state index in [0.717, 1.165) is 43.1 Å². The summed E-state index contributed by atoms with van der Waals surface area (Å²) >= 11 is 0. The molecular formula is C16H24N2O2. The molecule has 1 aliphatic heterocycles. The van der Waals surface area contributed by atoms with Crippen LogP contribution >= 0.6 is 0 Å². The lowest BCUT2D eigenvalue weighted by Gasteiger charge is -2.32. The van der Waals surface area contributed by atoms with Crippen LogP contribution in [0, 0.1) is 0 Å². The number of carbonyl (C=O) groups excluding carboxylic acids is 1. The van der Waals surface area contributed by atoms with Crippen LogP contribution in [-0.4, -0.2) is 43.0 Å². The van der Waals surface area contributed by atoms with Gasteiger partial charge in [-0.3, -0.25) is 9.69 Å². The number of rotatable bonds is 5. The van der Waals surface area contributed by atoms with Gasteiger partial charge in [-0.15, -0.1) is 0 Å². The molecule has 1 aliphatic rings. The number of ether oxygens (including phenoxy) is 1. The highest BCUT2D eigenvalue weighted by Gasteiger charge is 2.17. The summed E-state index contributed by atoms with van der Waals surface area (Å²) in [6, 6.07) is 6.24. The second-order valence-corrected chi connectivity index (χ2v) is 5.40. The Morgan fingerprint density at radius 2 is 2.30 bits per heavy atom. The van der Waals surface area contributed by atoms with E-state index >= 15 is 0 Å². The van der Waals surface area contributed by atoms with Crippen molar-refractivity contribution in [1.29, 1.82) is 0 Å². The number of benzene rings is 1. The second kappa shape index (κ2) is 6.86. The highest BCUT2D eigenvalue weighted by Crippen LogP contribution is 2.23. The van der Waals surface area contributed by atoms with E-state index in [1.54, 1.807) is 6.92 Å². The standard InChI is InChI=1S/C16H24N2O2/c1-4-20-16-6-5-14(13(3)19)9-15(16)11-18-8-7-17-12(2)10-18/h5-6,9,12,17H,4,7-8,10-11H2,1-3H3/t12-/m1/s1. The Morgan fingerprint density at radius 3 is 2.95 bits per heavy atom. The number of hydrogen-bond donors (Lipinski definition) is 1. The molecular weight excluding hydrogens is 252 g/mol. The van der Waals surface area contributed by atoms with Crippen LogP contribution < -0.4 is 10.1 Å². The molecule has 0 spiro atoms. The van der Waals surface area contributed by atoms with Gasteiger partial charge in [-0.05, 0) is 39.0 Å². The van der Waals surface area contributed by atoms with Gasteiger partial charge in [0.25, 0.3) is 0 Å². The first kappa shape index (κ1) is 15.0. The third-order valence-corrected chi connectivity index (χ3v) is 3.61. The maximum atomic E-state index is 11.5. The van der Waals surface area contributed by atoms with Crippen molar-refractivity contribution in [3.63, 3.8) is 0 Å². The molecule has 1 heterocycles. The van der Waals surface area contributed by atoms with Gasteiger partial charge in [0.15, 0.2) is 5.78 Å². The maximum Gasteiger partial charge on any atom is 0.159 e. The van der Waals surface area contributed by atoms with Crippen LogP contribution in [-0.2, 0) is 6.54 Å². The first-order chi connectivity index (χ1) is 9.60. The summed E-state index contributed by atoms with van der Waals surface area (Å²) in [6.07, 6.45) is 0. The smallest absolute Gasteiger partial charge is 0.159 e. The van der Waals surface area contributed by atoms with E-state index in [4.69, 9.17) is 4.74 Å². The number of piperazine rings is 1. The summed E-state index contributed by atoms with van der Waals surface area (Å²) in [5.74, 6) is 0.992. The topological polar surface area (TPSA) is 41.6 Å². The Bertz CT molecular complexity index is 474. The number of ketones is 1. The average molecular weight is 276 g/mol. The normalized spacial score (nSPS) is 19.9. The predicted molar refractivity (Wildman–Crippen MR) is 80.4 cm³/mol. The van der Waals surface area contributed by atoms with E-state index < -0.39 is 0 Å². The molecule has 0 radical (unpaired) electrons. The van der Waals surface area contributed by atoms with Gasteiger partial charge in [0.2, 0.25) is 0 Å². The third-order valence-electron chi connectivity index (χ3n) is 3.61. The van der Waals surface area contributed by atoms with Gasteiger partial charge in [0.1, 0.15) is 5.75 Å². The van der Waals surface area contributed by atoms with Gasteiger partial charge < -0.3 is 10.1 Å². The molecule has 0 amide bonds. The van der Waals surface area contributed by atoms with E-state index in [0.29, 0.717) is 12.6 Å². The molecule has 1 atom stereocenters. The molecule has 1 fully saturated rings. The zero-order chi connectivity index (χ0) is 14.5. The molecule has 0 aliphatic carbocycles. The molecule has 1 aromatic rings. The minimum atomic E-state index is 0.1000. The van der Waals surface area contributed by atoms with Crippen molar-refractivity contribution < 1.29 is 9.53 Å². The van der Waals surface area contributed by atoms with Crippen molar-refractivity contribution in [2.45, 2.75) is 33.4 Å². The van der Waals surface area contributed by atoms with Crippen LogP contribution in [0.2, 0.25) is 0 Å². The van der Waals surface area contributed by atoms with Gasteiger partial charge in [0, 0.05) is 43.3 Å². The minimum Gasteiger partial charge on any atom is -0.494 e. The lowest BCUT2D eigenvalue weighted by atomic mass is 10.1. The van der Waals surface area contributed by atoms with E-state index in [2.05, 4.69) is 17.1 Å². The van der Waals surface area contributed by atoms with Gasteiger partial charge in [-0.1, -0.05) is 0 Å². The Kier molecular flexibility index (Phi) is 5.15. The molecule has 1 saturated heterocycles. The molecule has 20 heavy (non-hydrogen) atoms. The summed E-state index contributed by atoms with van der Waals surface area (Å²) in [7, 11) is 0. The van der Waals surface area contributed by atoms with Crippen molar-refractivity contribution in [2.24, 2.45) is 0 Å². The minimum absolute atomic E-state index is 0.1000. The molecule has 0 saturated carbocycles. The lowest BCUT2D eigenvalue weighted by molar-refractivity contribution is 0.101. The van der Waals surface area contributed by atoms with Gasteiger partial charge in [0.05, 0.1) is 6.61 Å². The Hall–Kier alpha value is -1.39. The monoisotopic (exact) mass is 276 g/mol. The van der Waals surface area contributed by atoms with Gasteiger partial charge >= 0.3 is 0 Å². The quantitative estimate of drug-likeness (QED) is 0.836. The number of carbonyl (C=O) groups is 1. The van der Waals surface area contributed by atoms with Gasteiger partial charge in [-0.25, -0.2) is 0 Å². The highest BCUT2D eigenvalue weighted by atomic mass is 16.5. The molecule has 2 rings (SSSR count). The fourth-order valence-electron chi connectivity index (χ4n) is 2.62. The average Bonchev–Trinajstić information content (AvgIpc) is 2.41. The zero-order valence-electron chi connectivity index (χ0n) is 12.6. The van der Waals surface area contributed by atoms with E-state index in [9.17, 15) is 4.79 Å². The van der Waals surface area contributed by atoms with Crippen molar-refractivity contribution in [2.75, 3.05) is 26.2 Å². The SMILES string of the molecule is CCOc1ccc(C(C)=O)cc1CN1CCN[C@H](C)C1. The molecule has 0 aromatic heterocycles. The van der Waals surface area contributed by atoms with Crippen molar-refractivity contribution >= 4 is 5.78 Å². The molecule has 1 N–H and O–H groups in total. The number of nitrogens with one attached hydrogen (secondary N) is 1. The third kappa shape index (κ3) is 3.81. The lowest BCUT2D eigenvalue weighted by Crippen LogP contribution is -2.48. The molecule has 4 heteroatoms. The number of hydrogen-bond acceptors (Lipinski definition) is 4. The van der Waals surface area contributed by atoms with Crippen LogP contribution in [0.5, 0.6) is 5.75 Å². The molecule has 4 nitrogen and oxygen atoms in total. The summed E-state index contributed by atoms with van der Waals surface area (Å²) in [6.45, 7) is 10.3. The molecule has 110 valence electrons. The zero-order valence-corrected chi connectivity index (χ0v) is 12.6. The molecule has 1 aromatic carbocycles. The van der Waals surface area contributed by atoms with E-state index in [-0.39, 0.29) is 5.78 Å². The molecule has 0 unspecified atom stereocenters. The van der Waals surface area contributed by atoms with E-state index in [1.807, 2.05) is 25.1 Å². The molecule has 0 bridgehead atoms. The predicted octanol–water partition coefficient (Wildman–Crippen LogP) is 2.08. The maximum absolute atomic E-state index is 11.5. The number of nitrogens with zero attached hydrogens (tertiary/aromatic N) is 1. The van der Waals surface area contributed by atoms with Crippen molar-refractivity contribution in [3.8, 4) is 5.75 Å². The summed E-state index contributed by atoms with van der Waals surface area (Å²) in [4.78, 5) is 14.0. The largest absolute Gasteiger partial charge is 0.494 e. The Labute approximate surface area is 121 Å². The summed E-state index contributed by atoms with van der Waals surface area (Å²) in [5, 5.41) is 3.44. The first-order valence-electron chi connectivity index (χ1n) is 7.32. The van der Waals surface area contributed by atoms with Crippen molar-refractivity contribution in [1.82, 2.24) is 10.2 Å². The fraction of sp³-hybridized carbons (Fsp3) is 0.562. The van der Waals surface area contributed by atoms with Gasteiger partial charge in [-0.2, -0.15) is 0 Å². The fourth-order valence-corrected chi connectivity index (χ4v) is 2.62. The Balaban J connectivity index is 2.18. The summed E-state index contributed by atoms with van der Waals surface area (Å²) in [5.41, 5.74) is 1.86. The first-order valence-corrected chi connectivity index (χ1v) is 7.32. The van der Waals surface area contributed by atoms with Crippen LogP contribution in [0.15, 0.2) is 18.2 Å². The summed E-state index contributed by atoms with van der Waals surface area (Å²) < 4.78 is 5.69. The highest BCUT2D eigenvalue weighted by molar-refractivity contribution is 5.94. The Morgan fingerprint density at radius 1 is 1.50 bits per heavy atom. The van der Waals surface area contributed by atoms with Crippen LogP contribution in [0.4, 0.5) is 0 Å². The van der Waals surface area contributed by atoms with Crippen LogP contribution in [0.3, 0.4) is 0 Å². The van der Waals surface area contributed by atoms with Crippen molar-refractivity contribution in [3.05, 3.63) is 29.3 Å².